The fourth-order valence-corrected chi connectivity index (χ4v) is 2.60. The highest BCUT2D eigenvalue weighted by molar-refractivity contribution is 6.00. The fraction of sp³-hybridized carbons (Fsp3) is 0.231. The van der Waals surface area contributed by atoms with Crippen LogP contribution in [0.15, 0.2) is 30.5 Å². The molecule has 2 aromatic rings. The number of aromatic amines is 1. The Morgan fingerprint density at radius 1 is 1.33 bits per heavy atom. The normalized spacial score (nSPS) is 23.2. The highest BCUT2D eigenvalue weighted by atomic mass is 16.4. The lowest BCUT2D eigenvalue weighted by Crippen LogP contribution is -2.26. The molecule has 1 saturated heterocycles. The standard InChI is InChI=1S/C13H12N2O3/c16-12-11(13(17)18)9(6-15-12)8-5-14-10-4-2-1-3-7(8)10/h1-5,9,11,14H,6H2,(H,15,16)(H,17,18)/t9-,11-/m0/s1. The van der Waals surface area contributed by atoms with E-state index in [0.717, 1.165) is 16.5 Å². The molecule has 0 radical (unpaired) electrons. The number of aromatic nitrogens is 1. The number of fused-ring (bicyclic) bond motifs is 1. The van der Waals surface area contributed by atoms with Crippen molar-refractivity contribution in [2.45, 2.75) is 5.92 Å². The molecule has 0 saturated carbocycles. The summed E-state index contributed by atoms with van der Waals surface area (Å²) in [5.41, 5.74) is 1.84. The van der Waals surface area contributed by atoms with Crippen LogP contribution in [0.3, 0.4) is 0 Å². The third kappa shape index (κ3) is 1.48. The summed E-state index contributed by atoms with van der Waals surface area (Å²) in [5, 5.41) is 12.8. The van der Waals surface area contributed by atoms with Crippen molar-refractivity contribution < 1.29 is 14.7 Å². The molecule has 0 bridgehead atoms. The first-order chi connectivity index (χ1) is 8.68. The Labute approximate surface area is 103 Å². The molecule has 3 rings (SSSR count). The van der Waals surface area contributed by atoms with Gasteiger partial charge in [0.25, 0.3) is 0 Å². The molecule has 2 heterocycles. The molecule has 2 atom stereocenters. The maximum atomic E-state index is 11.6. The van der Waals surface area contributed by atoms with Crippen LogP contribution < -0.4 is 5.32 Å². The predicted molar refractivity (Wildman–Crippen MR) is 65.2 cm³/mol. The number of benzene rings is 1. The average Bonchev–Trinajstić information content (AvgIpc) is 2.92. The molecule has 5 heteroatoms. The highest BCUT2D eigenvalue weighted by Crippen LogP contribution is 2.33. The molecule has 3 N–H and O–H groups in total. The summed E-state index contributed by atoms with van der Waals surface area (Å²) >= 11 is 0. The first-order valence-electron chi connectivity index (χ1n) is 5.75. The summed E-state index contributed by atoms with van der Waals surface area (Å²) < 4.78 is 0. The zero-order valence-electron chi connectivity index (χ0n) is 9.51. The summed E-state index contributed by atoms with van der Waals surface area (Å²) in [6, 6.07) is 7.68. The molecule has 5 nitrogen and oxygen atoms in total. The van der Waals surface area contributed by atoms with Gasteiger partial charge >= 0.3 is 5.97 Å². The van der Waals surface area contributed by atoms with Gasteiger partial charge in [-0.3, -0.25) is 9.59 Å². The third-order valence-corrected chi connectivity index (χ3v) is 3.47. The minimum absolute atomic E-state index is 0.314. The van der Waals surface area contributed by atoms with Crippen molar-refractivity contribution in [1.82, 2.24) is 10.3 Å². The van der Waals surface area contributed by atoms with Gasteiger partial charge in [-0.2, -0.15) is 0 Å². The van der Waals surface area contributed by atoms with E-state index in [-0.39, 0.29) is 5.92 Å². The van der Waals surface area contributed by atoms with E-state index in [9.17, 15) is 9.59 Å². The molecular weight excluding hydrogens is 232 g/mol. The summed E-state index contributed by atoms with van der Waals surface area (Å²) in [7, 11) is 0. The molecule has 1 fully saturated rings. The Kier molecular flexibility index (Phi) is 2.33. The number of carbonyl (C=O) groups excluding carboxylic acids is 1. The maximum absolute atomic E-state index is 11.6. The summed E-state index contributed by atoms with van der Waals surface area (Å²) in [6.07, 6.45) is 1.80. The molecule has 0 unspecified atom stereocenters. The zero-order chi connectivity index (χ0) is 12.7. The number of hydrogen-bond donors (Lipinski definition) is 3. The van der Waals surface area contributed by atoms with E-state index >= 15 is 0 Å². The third-order valence-electron chi connectivity index (χ3n) is 3.47. The molecule has 18 heavy (non-hydrogen) atoms. The monoisotopic (exact) mass is 244 g/mol. The van der Waals surface area contributed by atoms with E-state index in [4.69, 9.17) is 5.11 Å². The minimum atomic E-state index is -1.07. The van der Waals surface area contributed by atoms with Gasteiger partial charge in [0.1, 0.15) is 5.92 Å². The maximum Gasteiger partial charge on any atom is 0.316 e. The number of hydrogen-bond acceptors (Lipinski definition) is 2. The molecule has 1 aromatic heterocycles. The number of nitrogens with one attached hydrogen (secondary N) is 2. The number of para-hydroxylation sites is 1. The highest BCUT2D eigenvalue weighted by Gasteiger charge is 2.41. The van der Waals surface area contributed by atoms with Gasteiger partial charge in [0.05, 0.1) is 0 Å². The van der Waals surface area contributed by atoms with Crippen molar-refractivity contribution in [1.29, 1.82) is 0 Å². The van der Waals surface area contributed by atoms with E-state index in [0.29, 0.717) is 6.54 Å². The number of carboxylic acids is 1. The summed E-state index contributed by atoms with van der Waals surface area (Å²) in [6.45, 7) is 0.373. The zero-order valence-corrected chi connectivity index (χ0v) is 9.51. The number of aliphatic carboxylic acids is 1. The lowest BCUT2D eigenvalue weighted by atomic mass is 9.88. The Bertz CT molecular complexity index is 632. The van der Waals surface area contributed by atoms with Crippen molar-refractivity contribution in [2.75, 3.05) is 6.54 Å². The van der Waals surface area contributed by atoms with E-state index in [1.54, 1.807) is 6.20 Å². The molecule has 0 spiro atoms. The second-order valence-corrected chi connectivity index (χ2v) is 4.46. The second-order valence-electron chi connectivity index (χ2n) is 4.46. The Balaban J connectivity index is 2.09. The van der Waals surface area contributed by atoms with Gasteiger partial charge in [0.2, 0.25) is 5.91 Å². The van der Waals surface area contributed by atoms with E-state index in [1.807, 2.05) is 24.3 Å². The number of amides is 1. The van der Waals surface area contributed by atoms with Crippen molar-refractivity contribution in [3.8, 4) is 0 Å². The van der Waals surface area contributed by atoms with E-state index < -0.39 is 17.8 Å². The van der Waals surface area contributed by atoms with Crippen molar-refractivity contribution in [2.24, 2.45) is 5.92 Å². The van der Waals surface area contributed by atoms with Crippen LogP contribution >= 0.6 is 0 Å². The number of H-pyrrole nitrogens is 1. The first kappa shape index (κ1) is 10.8. The van der Waals surface area contributed by atoms with Crippen LogP contribution in [0.25, 0.3) is 10.9 Å². The van der Waals surface area contributed by atoms with Crippen LogP contribution in [0.5, 0.6) is 0 Å². The van der Waals surface area contributed by atoms with Crippen LogP contribution in [0.4, 0.5) is 0 Å². The van der Waals surface area contributed by atoms with Crippen LogP contribution in [0.2, 0.25) is 0 Å². The Hall–Kier alpha value is -2.30. The molecule has 1 amide bonds. The summed E-state index contributed by atoms with van der Waals surface area (Å²) in [5.74, 6) is -2.78. The number of rotatable bonds is 2. The summed E-state index contributed by atoms with van der Waals surface area (Å²) in [4.78, 5) is 25.8. The van der Waals surface area contributed by atoms with Gasteiger partial charge in [0.15, 0.2) is 0 Å². The van der Waals surface area contributed by atoms with Crippen molar-refractivity contribution >= 4 is 22.8 Å². The molecule has 1 aliphatic heterocycles. The topological polar surface area (TPSA) is 82.2 Å². The van der Waals surface area contributed by atoms with Gasteiger partial charge in [-0.1, -0.05) is 18.2 Å². The number of carboxylic acid groups (broad SMARTS) is 1. The SMILES string of the molecule is O=C(O)[C@@H]1C(=O)NC[C@H]1c1c[nH]c2ccccc12. The Morgan fingerprint density at radius 3 is 2.89 bits per heavy atom. The van der Waals surface area contributed by atoms with Crippen LogP contribution in [-0.2, 0) is 9.59 Å². The fourth-order valence-electron chi connectivity index (χ4n) is 2.60. The van der Waals surface area contributed by atoms with Crippen molar-refractivity contribution in [3.05, 3.63) is 36.0 Å². The molecular formula is C13H12N2O3. The second kappa shape index (κ2) is 3.87. The smallest absolute Gasteiger partial charge is 0.316 e. The van der Waals surface area contributed by atoms with Crippen LogP contribution in [-0.4, -0.2) is 28.5 Å². The van der Waals surface area contributed by atoms with E-state index in [2.05, 4.69) is 10.3 Å². The first-order valence-corrected chi connectivity index (χ1v) is 5.75. The molecule has 1 aliphatic rings. The lowest BCUT2D eigenvalue weighted by Gasteiger charge is -2.11. The van der Waals surface area contributed by atoms with Gasteiger partial charge in [-0.05, 0) is 11.6 Å². The minimum Gasteiger partial charge on any atom is -0.481 e. The molecule has 1 aromatic carbocycles. The average molecular weight is 244 g/mol. The largest absolute Gasteiger partial charge is 0.481 e. The van der Waals surface area contributed by atoms with Gasteiger partial charge in [-0.25, -0.2) is 0 Å². The molecule has 0 aliphatic carbocycles. The van der Waals surface area contributed by atoms with Crippen LogP contribution in [0, 0.1) is 5.92 Å². The van der Waals surface area contributed by atoms with Gasteiger partial charge in [-0.15, -0.1) is 0 Å². The van der Waals surface area contributed by atoms with Gasteiger partial charge in [0, 0.05) is 29.6 Å². The lowest BCUT2D eigenvalue weighted by molar-refractivity contribution is -0.145. The predicted octanol–water partition coefficient (Wildman–Crippen LogP) is 1.08. The molecule has 92 valence electrons. The van der Waals surface area contributed by atoms with Crippen molar-refractivity contribution in [3.63, 3.8) is 0 Å². The number of carbonyl (C=O) groups is 2. The van der Waals surface area contributed by atoms with Crippen LogP contribution in [0.1, 0.15) is 11.5 Å². The van der Waals surface area contributed by atoms with E-state index in [1.165, 1.54) is 0 Å². The van der Waals surface area contributed by atoms with Gasteiger partial charge < -0.3 is 15.4 Å². The quantitative estimate of drug-likeness (QED) is 0.691. The Morgan fingerprint density at radius 2 is 2.11 bits per heavy atom.